The summed E-state index contributed by atoms with van der Waals surface area (Å²) in [6.07, 6.45) is 5.58. The van der Waals surface area contributed by atoms with Crippen molar-refractivity contribution >= 4 is 5.65 Å². The first-order valence-electron chi connectivity index (χ1n) is 7.98. The minimum Gasteiger partial charge on any atom is -0.307 e. The van der Waals surface area contributed by atoms with E-state index in [9.17, 15) is 0 Å². The van der Waals surface area contributed by atoms with Crippen molar-refractivity contribution in [2.24, 2.45) is 0 Å². The van der Waals surface area contributed by atoms with Gasteiger partial charge in [-0.15, -0.1) is 0 Å². The fourth-order valence-electron chi connectivity index (χ4n) is 3.89. The van der Waals surface area contributed by atoms with Crippen LogP contribution in [0.1, 0.15) is 35.7 Å². The van der Waals surface area contributed by atoms with E-state index >= 15 is 0 Å². The molecule has 0 saturated carbocycles. The smallest absolute Gasteiger partial charge is 0.155 e. The Labute approximate surface area is 129 Å². The summed E-state index contributed by atoms with van der Waals surface area (Å²) in [6.45, 7) is 2.11. The molecule has 3 aromatic rings. The molecule has 2 aliphatic rings. The summed E-state index contributed by atoms with van der Waals surface area (Å²) in [7, 11) is 0. The molecule has 1 N–H and O–H groups in total. The van der Waals surface area contributed by atoms with E-state index in [0.29, 0.717) is 12.1 Å². The Kier molecular flexibility index (Phi) is 2.47. The van der Waals surface area contributed by atoms with Crippen LogP contribution in [0.3, 0.4) is 0 Å². The van der Waals surface area contributed by atoms with Crippen molar-refractivity contribution in [1.82, 2.24) is 19.9 Å². The van der Waals surface area contributed by atoms with Gasteiger partial charge in [-0.25, -0.2) is 9.50 Å². The van der Waals surface area contributed by atoms with Gasteiger partial charge < -0.3 is 5.32 Å². The van der Waals surface area contributed by atoms with Crippen LogP contribution in [-0.4, -0.2) is 20.6 Å². The van der Waals surface area contributed by atoms with E-state index in [2.05, 4.69) is 52.1 Å². The van der Waals surface area contributed by atoms with Crippen LogP contribution >= 0.6 is 0 Å². The maximum atomic E-state index is 4.86. The summed E-state index contributed by atoms with van der Waals surface area (Å²) in [5.41, 5.74) is 7.06. The predicted molar refractivity (Wildman–Crippen MR) is 85.8 cm³/mol. The fourth-order valence-corrected chi connectivity index (χ4v) is 3.89. The van der Waals surface area contributed by atoms with Gasteiger partial charge in [0, 0.05) is 41.9 Å². The molecule has 22 heavy (non-hydrogen) atoms. The molecule has 4 nitrogen and oxygen atoms in total. The number of benzene rings is 1. The molecule has 1 fully saturated rings. The van der Waals surface area contributed by atoms with Gasteiger partial charge in [0.25, 0.3) is 0 Å². The van der Waals surface area contributed by atoms with E-state index in [1.807, 2.05) is 6.20 Å². The summed E-state index contributed by atoms with van der Waals surface area (Å²) in [6, 6.07) is 11.7. The number of hydrogen-bond donors (Lipinski definition) is 1. The van der Waals surface area contributed by atoms with Gasteiger partial charge in [0.1, 0.15) is 0 Å². The molecule has 0 spiro atoms. The molecule has 5 rings (SSSR count). The van der Waals surface area contributed by atoms with Gasteiger partial charge in [0.15, 0.2) is 5.65 Å². The first kappa shape index (κ1) is 12.4. The zero-order valence-electron chi connectivity index (χ0n) is 12.6. The highest BCUT2D eigenvalue weighted by atomic mass is 15.3. The molecule has 2 bridgehead atoms. The van der Waals surface area contributed by atoms with E-state index in [0.717, 1.165) is 23.3 Å². The Morgan fingerprint density at radius 1 is 1.23 bits per heavy atom. The molecule has 2 aromatic heterocycles. The highest BCUT2D eigenvalue weighted by Gasteiger charge is 2.34. The molecule has 0 amide bonds. The lowest BCUT2D eigenvalue weighted by Crippen LogP contribution is -2.33. The van der Waals surface area contributed by atoms with Crippen molar-refractivity contribution in [3.05, 3.63) is 53.3 Å². The first-order valence-corrected chi connectivity index (χ1v) is 7.98. The lowest BCUT2D eigenvalue weighted by atomic mass is 10.0. The van der Waals surface area contributed by atoms with E-state index in [-0.39, 0.29) is 0 Å². The van der Waals surface area contributed by atoms with Gasteiger partial charge >= 0.3 is 0 Å². The number of nitrogens with one attached hydrogen (secondary N) is 1. The van der Waals surface area contributed by atoms with Gasteiger partial charge in [-0.1, -0.05) is 23.8 Å². The van der Waals surface area contributed by atoms with Gasteiger partial charge in [0.2, 0.25) is 0 Å². The number of rotatable bonds is 1. The second-order valence-electron chi connectivity index (χ2n) is 6.53. The van der Waals surface area contributed by atoms with Crippen molar-refractivity contribution in [3.63, 3.8) is 0 Å². The summed E-state index contributed by atoms with van der Waals surface area (Å²) in [5, 5.41) is 8.54. The van der Waals surface area contributed by atoms with E-state index in [1.165, 1.54) is 29.7 Å². The van der Waals surface area contributed by atoms with Crippen LogP contribution < -0.4 is 5.32 Å². The Hall–Kier alpha value is -2.20. The summed E-state index contributed by atoms with van der Waals surface area (Å²) in [5.74, 6) is 0. The third-order valence-electron chi connectivity index (χ3n) is 4.99. The average Bonchev–Trinajstić information content (AvgIpc) is 3.12. The Bertz CT molecular complexity index is 880. The molecule has 2 aliphatic heterocycles. The molecule has 2 unspecified atom stereocenters. The number of aryl methyl sites for hydroxylation is 1. The van der Waals surface area contributed by atoms with Crippen LogP contribution in [-0.2, 0) is 6.42 Å². The van der Waals surface area contributed by atoms with Crippen molar-refractivity contribution in [3.8, 4) is 11.3 Å². The van der Waals surface area contributed by atoms with Gasteiger partial charge in [-0.2, -0.15) is 5.10 Å². The van der Waals surface area contributed by atoms with Gasteiger partial charge in [0.05, 0.1) is 11.4 Å². The van der Waals surface area contributed by atoms with Crippen LogP contribution in [0, 0.1) is 6.92 Å². The lowest BCUT2D eigenvalue weighted by Gasteiger charge is -2.24. The minimum atomic E-state index is 0.470. The topological polar surface area (TPSA) is 42.2 Å². The molecular formula is C18H18N4. The molecule has 1 aromatic carbocycles. The number of hydrogen-bond acceptors (Lipinski definition) is 3. The van der Waals surface area contributed by atoms with Crippen LogP contribution in [0.15, 0.2) is 36.5 Å². The standard InChI is InChI=1S/C18H18N4/c1-11-3-2-4-12(7-11)16-9-18-19-10-14-15-6-5-13(20-15)8-17(14)22(18)21-16/h2-4,7,9-10,13,15,20H,5-6,8H2,1H3. The molecule has 1 saturated heterocycles. The monoisotopic (exact) mass is 290 g/mol. The third kappa shape index (κ3) is 1.74. The Balaban J connectivity index is 1.70. The second-order valence-corrected chi connectivity index (χ2v) is 6.53. The van der Waals surface area contributed by atoms with Gasteiger partial charge in [-0.3, -0.25) is 0 Å². The Morgan fingerprint density at radius 3 is 3.09 bits per heavy atom. The maximum Gasteiger partial charge on any atom is 0.155 e. The maximum absolute atomic E-state index is 4.86. The Morgan fingerprint density at radius 2 is 2.18 bits per heavy atom. The SMILES string of the molecule is Cc1cccc(-c2cc3ncc4c(n3n2)CC2CCC4N2)c1. The van der Waals surface area contributed by atoms with Gasteiger partial charge in [-0.05, 0) is 25.8 Å². The van der Waals surface area contributed by atoms with Crippen molar-refractivity contribution in [2.45, 2.75) is 38.3 Å². The third-order valence-corrected chi connectivity index (χ3v) is 4.99. The largest absolute Gasteiger partial charge is 0.307 e. The number of nitrogens with zero attached hydrogens (tertiary/aromatic N) is 3. The fraction of sp³-hybridized carbons (Fsp3) is 0.333. The highest BCUT2D eigenvalue weighted by molar-refractivity contribution is 5.65. The highest BCUT2D eigenvalue weighted by Crippen LogP contribution is 2.35. The van der Waals surface area contributed by atoms with Crippen LogP contribution in [0.4, 0.5) is 0 Å². The number of fused-ring (bicyclic) bond motifs is 6. The zero-order valence-corrected chi connectivity index (χ0v) is 12.6. The van der Waals surface area contributed by atoms with Crippen molar-refractivity contribution in [2.75, 3.05) is 0 Å². The molecule has 0 aliphatic carbocycles. The second kappa shape index (κ2) is 4.40. The number of aromatic nitrogens is 3. The van der Waals surface area contributed by atoms with Crippen LogP contribution in [0.5, 0.6) is 0 Å². The average molecular weight is 290 g/mol. The summed E-state index contributed by atoms with van der Waals surface area (Å²) < 4.78 is 2.07. The van der Waals surface area contributed by atoms with E-state index < -0.39 is 0 Å². The predicted octanol–water partition coefficient (Wildman–Crippen LogP) is 3.05. The molecule has 0 radical (unpaired) electrons. The van der Waals surface area contributed by atoms with E-state index in [4.69, 9.17) is 5.10 Å². The molecule has 2 atom stereocenters. The van der Waals surface area contributed by atoms with Crippen molar-refractivity contribution in [1.29, 1.82) is 0 Å². The lowest BCUT2D eigenvalue weighted by molar-refractivity contribution is 0.496. The quantitative estimate of drug-likeness (QED) is 0.749. The van der Waals surface area contributed by atoms with Crippen LogP contribution in [0.25, 0.3) is 16.9 Å². The molecular weight excluding hydrogens is 272 g/mol. The first-order chi connectivity index (χ1) is 10.8. The zero-order chi connectivity index (χ0) is 14.7. The van der Waals surface area contributed by atoms with Crippen molar-refractivity contribution < 1.29 is 0 Å². The molecule has 110 valence electrons. The summed E-state index contributed by atoms with van der Waals surface area (Å²) >= 11 is 0. The summed E-state index contributed by atoms with van der Waals surface area (Å²) in [4.78, 5) is 4.64. The normalized spacial score (nSPS) is 23.0. The van der Waals surface area contributed by atoms with E-state index in [1.54, 1.807) is 0 Å². The minimum absolute atomic E-state index is 0.470. The van der Waals surface area contributed by atoms with Crippen LogP contribution in [0.2, 0.25) is 0 Å². The molecule has 4 heteroatoms. The molecule has 4 heterocycles.